The Morgan fingerprint density at radius 1 is 1.70 bits per heavy atom. The van der Waals surface area contributed by atoms with Crippen LogP contribution in [0.25, 0.3) is 0 Å². The van der Waals surface area contributed by atoms with E-state index < -0.39 is 0 Å². The van der Waals surface area contributed by atoms with Gasteiger partial charge in [0.05, 0.1) is 6.54 Å². The number of aromatic nitrogens is 2. The third kappa shape index (κ3) is 0.618. The minimum atomic E-state index is -0.274. The molecule has 0 unspecified atom stereocenters. The number of ether oxygens (including phenoxy) is 1. The number of hydrogen-bond acceptors (Lipinski definition) is 3. The predicted molar refractivity (Wildman–Crippen MR) is 32.5 cm³/mol. The first kappa shape index (κ1) is 5.46. The zero-order valence-electron chi connectivity index (χ0n) is 5.28. The Kier molecular flexibility index (Phi) is 1.00. The van der Waals surface area contributed by atoms with Crippen molar-refractivity contribution in [2.24, 2.45) is 0 Å². The van der Waals surface area contributed by atoms with Gasteiger partial charge in [0.2, 0.25) is 0 Å². The van der Waals surface area contributed by atoms with Crippen molar-refractivity contribution < 1.29 is 9.53 Å². The summed E-state index contributed by atoms with van der Waals surface area (Å²) in [6, 6.07) is 1.65. The van der Waals surface area contributed by atoms with Crippen LogP contribution in [0.15, 0.2) is 12.3 Å². The summed E-state index contributed by atoms with van der Waals surface area (Å²) < 4.78 is 6.41. The van der Waals surface area contributed by atoms with Gasteiger partial charge >= 0.3 is 5.97 Å². The van der Waals surface area contributed by atoms with Gasteiger partial charge in [0.15, 0.2) is 0 Å². The summed E-state index contributed by atoms with van der Waals surface area (Å²) in [4.78, 5) is 10.9. The molecule has 2 heterocycles. The normalized spacial score (nSPS) is 16.2. The maximum Gasteiger partial charge on any atom is 0.356 e. The fourth-order valence-corrected chi connectivity index (χ4v) is 0.983. The molecule has 2 rings (SSSR count). The topological polar surface area (TPSA) is 44.1 Å². The van der Waals surface area contributed by atoms with Crippen molar-refractivity contribution in [2.75, 3.05) is 6.61 Å². The lowest BCUT2D eigenvalue weighted by Crippen LogP contribution is -2.23. The monoisotopic (exact) mass is 138 g/mol. The van der Waals surface area contributed by atoms with Gasteiger partial charge in [-0.2, -0.15) is 5.10 Å². The number of esters is 1. The van der Waals surface area contributed by atoms with Crippen LogP contribution < -0.4 is 0 Å². The van der Waals surface area contributed by atoms with Gasteiger partial charge in [-0.1, -0.05) is 0 Å². The maximum atomic E-state index is 10.9. The molecule has 0 N–H and O–H groups in total. The van der Waals surface area contributed by atoms with Gasteiger partial charge < -0.3 is 4.74 Å². The Labute approximate surface area is 57.4 Å². The molecule has 0 amide bonds. The average Bonchev–Trinajstić information content (AvgIpc) is 2.36. The van der Waals surface area contributed by atoms with Crippen LogP contribution in [0.1, 0.15) is 10.5 Å². The molecule has 10 heavy (non-hydrogen) atoms. The van der Waals surface area contributed by atoms with Gasteiger partial charge in [-0.05, 0) is 6.07 Å². The van der Waals surface area contributed by atoms with Crippen molar-refractivity contribution in [1.29, 1.82) is 0 Å². The Hall–Kier alpha value is -1.32. The maximum absolute atomic E-state index is 10.9. The fourth-order valence-electron chi connectivity index (χ4n) is 0.983. The first-order valence-corrected chi connectivity index (χ1v) is 3.07. The van der Waals surface area contributed by atoms with E-state index in [9.17, 15) is 4.79 Å². The van der Waals surface area contributed by atoms with Crippen molar-refractivity contribution in [3.05, 3.63) is 18.0 Å². The van der Waals surface area contributed by atoms with Crippen LogP contribution in [0, 0.1) is 0 Å². The first-order chi connectivity index (χ1) is 4.88. The number of carbonyl (C=O) groups is 1. The Balaban J connectivity index is 2.50. The molecule has 1 aromatic heterocycles. The summed E-state index contributed by atoms with van der Waals surface area (Å²) in [7, 11) is 0. The molecule has 0 radical (unpaired) electrons. The van der Waals surface area contributed by atoms with Crippen molar-refractivity contribution in [3.63, 3.8) is 0 Å². The molecule has 52 valence electrons. The fraction of sp³-hybridized carbons (Fsp3) is 0.333. The second kappa shape index (κ2) is 1.83. The molecule has 1 aromatic rings. The van der Waals surface area contributed by atoms with Crippen LogP contribution in [0.3, 0.4) is 0 Å². The zero-order chi connectivity index (χ0) is 6.97. The standard InChI is InChI=1S/C6H6N2O2/c9-6-5-1-2-7-8(5)3-4-10-6/h1-2H,3-4H2. The van der Waals surface area contributed by atoms with E-state index in [0.29, 0.717) is 18.8 Å². The van der Waals surface area contributed by atoms with E-state index in [-0.39, 0.29) is 5.97 Å². The molecule has 4 nitrogen and oxygen atoms in total. The Bertz CT molecular complexity index is 266. The van der Waals surface area contributed by atoms with Crippen LogP contribution in [-0.2, 0) is 11.3 Å². The van der Waals surface area contributed by atoms with E-state index in [0.717, 1.165) is 0 Å². The summed E-state index contributed by atoms with van der Waals surface area (Å²) in [6.07, 6.45) is 1.60. The molecule has 0 aromatic carbocycles. The highest BCUT2D eigenvalue weighted by atomic mass is 16.5. The third-order valence-corrected chi connectivity index (χ3v) is 1.46. The van der Waals surface area contributed by atoms with Crippen LogP contribution in [0.2, 0.25) is 0 Å². The van der Waals surface area contributed by atoms with E-state index in [1.165, 1.54) is 0 Å². The minimum absolute atomic E-state index is 0.274. The van der Waals surface area contributed by atoms with Gasteiger partial charge in [0.25, 0.3) is 0 Å². The highest BCUT2D eigenvalue weighted by Gasteiger charge is 2.17. The largest absolute Gasteiger partial charge is 0.459 e. The van der Waals surface area contributed by atoms with Crippen molar-refractivity contribution in [3.8, 4) is 0 Å². The molecule has 1 aliphatic heterocycles. The Morgan fingerprint density at radius 2 is 2.60 bits per heavy atom. The second-order valence-corrected chi connectivity index (χ2v) is 2.08. The molecule has 1 aliphatic rings. The smallest absolute Gasteiger partial charge is 0.356 e. The van der Waals surface area contributed by atoms with Gasteiger partial charge in [-0.25, -0.2) is 4.79 Å². The Morgan fingerprint density at radius 3 is 3.40 bits per heavy atom. The SMILES string of the molecule is O=C1OCCn2nccc21. The molecular weight excluding hydrogens is 132 g/mol. The minimum Gasteiger partial charge on any atom is -0.459 e. The molecule has 0 fully saturated rings. The number of fused-ring (bicyclic) bond motifs is 1. The van der Waals surface area contributed by atoms with E-state index >= 15 is 0 Å². The lowest BCUT2D eigenvalue weighted by Gasteiger charge is -2.12. The number of hydrogen-bond donors (Lipinski definition) is 0. The van der Waals surface area contributed by atoms with E-state index in [1.807, 2.05) is 0 Å². The predicted octanol–water partition coefficient (Wildman–Crippen LogP) is 0.0535. The average molecular weight is 138 g/mol. The summed E-state index contributed by atoms with van der Waals surface area (Å²) in [5, 5.41) is 3.92. The van der Waals surface area contributed by atoms with Crippen LogP contribution in [0.5, 0.6) is 0 Å². The van der Waals surface area contributed by atoms with Crippen LogP contribution in [-0.4, -0.2) is 22.4 Å². The molecule has 0 bridgehead atoms. The molecular formula is C6H6N2O2. The summed E-state index contributed by atoms with van der Waals surface area (Å²) >= 11 is 0. The van der Waals surface area contributed by atoms with Gasteiger partial charge in [-0.3, -0.25) is 4.68 Å². The highest BCUT2D eigenvalue weighted by molar-refractivity contribution is 5.87. The summed E-state index contributed by atoms with van der Waals surface area (Å²) in [6.45, 7) is 1.11. The number of carbonyl (C=O) groups excluding carboxylic acids is 1. The second-order valence-electron chi connectivity index (χ2n) is 2.08. The summed E-state index contributed by atoms with van der Waals surface area (Å²) in [5.41, 5.74) is 0.547. The van der Waals surface area contributed by atoms with E-state index in [2.05, 4.69) is 5.10 Å². The quantitative estimate of drug-likeness (QED) is 0.476. The van der Waals surface area contributed by atoms with Crippen LogP contribution in [0.4, 0.5) is 0 Å². The van der Waals surface area contributed by atoms with E-state index in [4.69, 9.17) is 4.74 Å². The van der Waals surface area contributed by atoms with Gasteiger partial charge in [0.1, 0.15) is 12.3 Å². The third-order valence-electron chi connectivity index (χ3n) is 1.46. The van der Waals surface area contributed by atoms with Crippen LogP contribution >= 0.6 is 0 Å². The molecule has 0 saturated heterocycles. The molecule has 0 spiro atoms. The lowest BCUT2D eigenvalue weighted by atomic mass is 10.4. The van der Waals surface area contributed by atoms with Gasteiger partial charge in [-0.15, -0.1) is 0 Å². The summed E-state index contributed by atoms with van der Waals surface area (Å²) in [5.74, 6) is -0.274. The van der Waals surface area contributed by atoms with E-state index in [1.54, 1.807) is 16.9 Å². The highest BCUT2D eigenvalue weighted by Crippen LogP contribution is 2.05. The molecule has 0 atom stereocenters. The molecule has 0 aliphatic carbocycles. The number of rotatable bonds is 0. The first-order valence-electron chi connectivity index (χ1n) is 3.07. The van der Waals surface area contributed by atoms with Crippen molar-refractivity contribution >= 4 is 5.97 Å². The molecule has 0 saturated carbocycles. The zero-order valence-corrected chi connectivity index (χ0v) is 5.28. The molecule has 4 heteroatoms. The number of cyclic esters (lactones) is 1. The van der Waals surface area contributed by atoms with Gasteiger partial charge in [0, 0.05) is 6.20 Å². The van der Waals surface area contributed by atoms with Crippen molar-refractivity contribution in [2.45, 2.75) is 6.54 Å². The number of nitrogens with zero attached hydrogens (tertiary/aromatic N) is 2. The van der Waals surface area contributed by atoms with Crippen molar-refractivity contribution in [1.82, 2.24) is 9.78 Å². The lowest BCUT2D eigenvalue weighted by molar-refractivity contribution is 0.0411.